The molecule has 0 saturated heterocycles. The topological polar surface area (TPSA) is 50.9 Å². The standard InChI is InChI=1S/C13H19N3/c1-13(6-7-13)12(16-14)10-5-4-9-3-2-8-15-11(9)10/h2-3,8,10,12,16H,4-7,14H2,1H3. The Labute approximate surface area is 96.4 Å². The molecule has 2 aliphatic rings. The summed E-state index contributed by atoms with van der Waals surface area (Å²) in [6.07, 6.45) is 6.83. The van der Waals surface area contributed by atoms with E-state index in [9.17, 15) is 0 Å². The molecule has 3 rings (SSSR count). The van der Waals surface area contributed by atoms with Crippen molar-refractivity contribution in [3.8, 4) is 0 Å². The number of rotatable bonds is 3. The van der Waals surface area contributed by atoms with Crippen molar-refractivity contribution >= 4 is 0 Å². The molecule has 1 aromatic heterocycles. The molecule has 0 spiro atoms. The maximum Gasteiger partial charge on any atom is 0.0482 e. The van der Waals surface area contributed by atoms with Gasteiger partial charge >= 0.3 is 0 Å². The molecule has 2 atom stereocenters. The highest BCUT2D eigenvalue weighted by atomic mass is 15.2. The first-order valence-electron chi connectivity index (χ1n) is 6.14. The maximum absolute atomic E-state index is 5.76. The molecule has 2 aliphatic carbocycles. The molecule has 16 heavy (non-hydrogen) atoms. The van der Waals surface area contributed by atoms with E-state index < -0.39 is 0 Å². The van der Waals surface area contributed by atoms with Crippen LogP contribution in [0.4, 0.5) is 0 Å². The van der Waals surface area contributed by atoms with Crippen LogP contribution in [-0.4, -0.2) is 11.0 Å². The fourth-order valence-electron chi connectivity index (χ4n) is 3.08. The summed E-state index contributed by atoms with van der Waals surface area (Å²) in [6.45, 7) is 2.33. The number of nitrogens with zero attached hydrogens (tertiary/aromatic N) is 1. The summed E-state index contributed by atoms with van der Waals surface area (Å²) >= 11 is 0. The van der Waals surface area contributed by atoms with E-state index in [1.165, 1.54) is 30.5 Å². The molecule has 0 aromatic carbocycles. The van der Waals surface area contributed by atoms with Crippen LogP contribution in [0, 0.1) is 5.41 Å². The third-order valence-electron chi connectivity index (χ3n) is 4.37. The first kappa shape index (κ1) is 10.2. The molecular formula is C13H19N3. The Morgan fingerprint density at radius 1 is 1.56 bits per heavy atom. The Morgan fingerprint density at radius 2 is 2.38 bits per heavy atom. The van der Waals surface area contributed by atoms with E-state index in [-0.39, 0.29) is 0 Å². The fourth-order valence-corrected chi connectivity index (χ4v) is 3.08. The Kier molecular flexibility index (Phi) is 2.26. The SMILES string of the molecule is CC1(C(NN)C2CCc3cccnc32)CC1. The minimum Gasteiger partial charge on any atom is -0.271 e. The van der Waals surface area contributed by atoms with Gasteiger partial charge in [-0.05, 0) is 42.7 Å². The minimum absolute atomic E-state index is 0.392. The third kappa shape index (κ3) is 1.46. The third-order valence-corrected chi connectivity index (χ3v) is 4.37. The zero-order valence-corrected chi connectivity index (χ0v) is 9.74. The van der Waals surface area contributed by atoms with Gasteiger partial charge < -0.3 is 0 Å². The van der Waals surface area contributed by atoms with Gasteiger partial charge in [0.15, 0.2) is 0 Å². The molecule has 0 bridgehead atoms. The first-order valence-corrected chi connectivity index (χ1v) is 6.14. The number of nitrogens with one attached hydrogen (secondary N) is 1. The Balaban J connectivity index is 1.91. The van der Waals surface area contributed by atoms with Crippen molar-refractivity contribution in [3.05, 3.63) is 29.6 Å². The van der Waals surface area contributed by atoms with Crippen molar-refractivity contribution in [2.45, 2.75) is 44.6 Å². The zero-order chi connectivity index (χ0) is 11.2. The lowest BCUT2D eigenvalue weighted by atomic mass is 9.85. The second-order valence-corrected chi connectivity index (χ2v) is 5.49. The molecule has 1 saturated carbocycles. The van der Waals surface area contributed by atoms with Crippen LogP contribution >= 0.6 is 0 Å². The summed E-state index contributed by atoms with van der Waals surface area (Å²) in [5.41, 5.74) is 6.14. The number of aromatic nitrogens is 1. The van der Waals surface area contributed by atoms with Crippen molar-refractivity contribution in [3.63, 3.8) is 0 Å². The first-order chi connectivity index (χ1) is 7.74. The van der Waals surface area contributed by atoms with Gasteiger partial charge in [0.2, 0.25) is 0 Å². The quantitative estimate of drug-likeness (QED) is 0.599. The Bertz CT molecular complexity index is 398. The Hall–Kier alpha value is -0.930. The van der Waals surface area contributed by atoms with E-state index in [2.05, 4.69) is 23.4 Å². The van der Waals surface area contributed by atoms with E-state index in [0.29, 0.717) is 17.4 Å². The minimum atomic E-state index is 0.392. The molecule has 1 heterocycles. The Morgan fingerprint density at radius 3 is 3.06 bits per heavy atom. The van der Waals surface area contributed by atoms with Gasteiger partial charge in [0, 0.05) is 23.9 Å². The zero-order valence-electron chi connectivity index (χ0n) is 9.74. The predicted octanol–water partition coefficient (Wildman–Crippen LogP) is 1.74. The fraction of sp³-hybridized carbons (Fsp3) is 0.615. The number of fused-ring (bicyclic) bond motifs is 1. The lowest BCUT2D eigenvalue weighted by Gasteiger charge is -2.28. The summed E-state index contributed by atoms with van der Waals surface area (Å²) in [6, 6.07) is 4.62. The van der Waals surface area contributed by atoms with E-state index in [1.807, 2.05) is 12.3 Å². The van der Waals surface area contributed by atoms with Crippen LogP contribution in [0.15, 0.2) is 18.3 Å². The highest BCUT2D eigenvalue weighted by Gasteiger charge is 2.49. The van der Waals surface area contributed by atoms with Gasteiger partial charge in [-0.1, -0.05) is 13.0 Å². The van der Waals surface area contributed by atoms with E-state index in [1.54, 1.807) is 0 Å². The molecule has 3 heteroatoms. The highest BCUT2D eigenvalue weighted by Crippen LogP contribution is 2.53. The number of hydrazine groups is 1. The van der Waals surface area contributed by atoms with Gasteiger partial charge in [0.1, 0.15) is 0 Å². The number of hydrogen-bond donors (Lipinski definition) is 2. The summed E-state index contributed by atoms with van der Waals surface area (Å²) in [7, 11) is 0. The van der Waals surface area contributed by atoms with Gasteiger partial charge in [0.05, 0.1) is 0 Å². The maximum atomic E-state index is 5.76. The van der Waals surface area contributed by atoms with Gasteiger partial charge in [-0.3, -0.25) is 16.3 Å². The van der Waals surface area contributed by atoms with Crippen molar-refractivity contribution in [1.29, 1.82) is 0 Å². The normalized spacial score (nSPS) is 27.5. The average Bonchev–Trinajstić information content (AvgIpc) is 2.91. The second-order valence-electron chi connectivity index (χ2n) is 5.49. The van der Waals surface area contributed by atoms with E-state index >= 15 is 0 Å². The van der Waals surface area contributed by atoms with Crippen molar-refractivity contribution in [2.75, 3.05) is 0 Å². The van der Waals surface area contributed by atoms with Crippen LogP contribution < -0.4 is 11.3 Å². The summed E-state index contributed by atoms with van der Waals surface area (Å²) in [5.74, 6) is 6.27. The lowest BCUT2D eigenvalue weighted by Crippen LogP contribution is -2.45. The van der Waals surface area contributed by atoms with Gasteiger partial charge in [0.25, 0.3) is 0 Å². The number of nitrogens with two attached hydrogens (primary N) is 1. The number of aryl methyl sites for hydroxylation is 1. The molecule has 3 nitrogen and oxygen atoms in total. The monoisotopic (exact) mass is 217 g/mol. The number of hydrogen-bond acceptors (Lipinski definition) is 3. The van der Waals surface area contributed by atoms with Crippen LogP contribution in [0.1, 0.15) is 43.4 Å². The molecule has 0 radical (unpaired) electrons. The molecular weight excluding hydrogens is 198 g/mol. The molecule has 86 valence electrons. The molecule has 0 aliphatic heterocycles. The smallest absolute Gasteiger partial charge is 0.0482 e. The van der Waals surface area contributed by atoms with Crippen LogP contribution in [0.5, 0.6) is 0 Å². The highest BCUT2D eigenvalue weighted by molar-refractivity contribution is 5.31. The van der Waals surface area contributed by atoms with Crippen molar-refractivity contribution in [2.24, 2.45) is 11.3 Å². The molecule has 0 amide bonds. The van der Waals surface area contributed by atoms with Crippen LogP contribution in [0.3, 0.4) is 0 Å². The average molecular weight is 217 g/mol. The largest absolute Gasteiger partial charge is 0.271 e. The second kappa shape index (κ2) is 3.54. The van der Waals surface area contributed by atoms with Crippen molar-refractivity contribution in [1.82, 2.24) is 10.4 Å². The van der Waals surface area contributed by atoms with Crippen LogP contribution in [0.25, 0.3) is 0 Å². The van der Waals surface area contributed by atoms with Gasteiger partial charge in [-0.15, -0.1) is 0 Å². The van der Waals surface area contributed by atoms with E-state index in [0.717, 1.165) is 6.42 Å². The van der Waals surface area contributed by atoms with Crippen molar-refractivity contribution < 1.29 is 0 Å². The summed E-state index contributed by atoms with van der Waals surface area (Å²) in [4.78, 5) is 4.56. The predicted molar refractivity (Wildman–Crippen MR) is 63.8 cm³/mol. The molecule has 2 unspecified atom stereocenters. The molecule has 3 N–H and O–H groups in total. The van der Waals surface area contributed by atoms with Gasteiger partial charge in [-0.2, -0.15) is 0 Å². The van der Waals surface area contributed by atoms with Crippen LogP contribution in [-0.2, 0) is 6.42 Å². The lowest BCUT2D eigenvalue weighted by molar-refractivity contribution is 0.304. The molecule has 1 aromatic rings. The summed E-state index contributed by atoms with van der Waals surface area (Å²) < 4.78 is 0. The van der Waals surface area contributed by atoms with E-state index in [4.69, 9.17) is 5.84 Å². The molecule has 1 fully saturated rings. The number of pyridine rings is 1. The van der Waals surface area contributed by atoms with Crippen LogP contribution in [0.2, 0.25) is 0 Å². The van der Waals surface area contributed by atoms with Gasteiger partial charge in [-0.25, -0.2) is 0 Å². The summed E-state index contributed by atoms with van der Waals surface area (Å²) in [5, 5.41) is 0.